The van der Waals surface area contributed by atoms with E-state index in [1.54, 1.807) is 41.8 Å². The number of aromatic nitrogens is 1. The maximum atomic E-state index is 13.8. The van der Waals surface area contributed by atoms with E-state index in [4.69, 9.17) is 0 Å². The number of benzene rings is 2. The Hall–Kier alpha value is -2.53. The maximum absolute atomic E-state index is 13.8. The first-order valence-electron chi connectivity index (χ1n) is 6.20. The Bertz CT molecular complexity index is 813. The van der Waals surface area contributed by atoms with Crippen LogP contribution in [0.3, 0.4) is 0 Å². The van der Waals surface area contributed by atoms with Gasteiger partial charge in [0.05, 0.1) is 11.3 Å². The third-order valence-corrected chi connectivity index (χ3v) is 3.92. The molecule has 0 aliphatic heterocycles. The monoisotopic (exact) mass is 299 g/mol. The Kier molecular flexibility index (Phi) is 3.50. The molecule has 0 fully saturated rings. The van der Waals surface area contributed by atoms with Crippen LogP contribution in [-0.2, 0) is 0 Å². The van der Waals surface area contributed by atoms with Crippen molar-refractivity contribution in [2.75, 3.05) is 0 Å². The zero-order chi connectivity index (χ0) is 14.8. The summed E-state index contributed by atoms with van der Waals surface area (Å²) < 4.78 is 13.8. The van der Waals surface area contributed by atoms with Crippen molar-refractivity contribution < 1.29 is 14.3 Å². The zero-order valence-corrected chi connectivity index (χ0v) is 11.6. The van der Waals surface area contributed by atoms with E-state index in [1.807, 2.05) is 0 Å². The molecule has 3 nitrogen and oxygen atoms in total. The third-order valence-electron chi connectivity index (χ3n) is 3.04. The average Bonchev–Trinajstić information content (AvgIpc) is 2.97. The Morgan fingerprint density at radius 2 is 1.71 bits per heavy atom. The summed E-state index contributed by atoms with van der Waals surface area (Å²) in [5.74, 6) is -1.35. The molecule has 3 aromatic rings. The Morgan fingerprint density at radius 1 is 1.05 bits per heavy atom. The third kappa shape index (κ3) is 2.55. The second-order valence-corrected chi connectivity index (χ2v) is 5.23. The van der Waals surface area contributed by atoms with Crippen LogP contribution in [0, 0.1) is 5.82 Å². The van der Waals surface area contributed by atoms with Crippen molar-refractivity contribution >= 4 is 17.3 Å². The minimum absolute atomic E-state index is 0.183. The van der Waals surface area contributed by atoms with E-state index < -0.39 is 5.97 Å². The van der Waals surface area contributed by atoms with Gasteiger partial charge in [-0.1, -0.05) is 30.3 Å². The fraction of sp³-hybridized carbons (Fsp3) is 0. The molecule has 2 aromatic carbocycles. The minimum Gasteiger partial charge on any atom is -0.478 e. The predicted molar refractivity (Wildman–Crippen MR) is 79.9 cm³/mol. The smallest absolute Gasteiger partial charge is 0.336 e. The van der Waals surface area contributed by atoms with Gasteiger partial charge in [0.1, 0.15) is 10.8 Å². The van der Waals surface area contributed by atoms with Crippen LogP contribution in [-0.4, -0.2) is 16.1 Å². The summed E-state index contributed by atoms with van der Waals surface area (Å²) in [6.45, 7) is 0. The van der Waals surface area contributed by atoms with Gasteiger partial charge in [-0.3, -0.25) is 0 Å². The lowest BCUT2D eigenvalue weighted by molar-refractivity contribution is 0.0697. The number of halogens is 1. The molecule has 0 aliphatic rings. The first-order chi connectivity index (χ1) is 10.2. The number of rotatable bonds is 3. The normalized spacial score (nSPS) is 10.5. The number of carboxylic acids is 1. The lowest BCUT2D eigenvalue weighted by Gasteiger charge is -2.02. The molecule has 0 aliphatic carbocycles. The molecule has 1 aromatic heterocycles. The van der Waals surface area contributed by atoms with E-state index in [2.05, 4.69) is 4.98 Å². The molecule has 0 bridgehead atoms. The van der Waals surface area contributed by atoms with E-state index in [-0.39, 0.29) is 11.4 Å². The highest BCUT2D eigenvalue weighted by atomic mass is 32.1. The summed E-state index contributed by atoms with van der Waals surface area (Å²) in [5.41, 5.74) is 1.67. The summed E-state index contributed by atoms with van der Waals surface area (Å²) in [5, 5.41) is 11.5. The van der Waals surface area contributed by atoms with Crippen molar-refractivity contribution in [2.24, 2.45) is 0 Å². The number of aromatic carboxylic acids is 1. The number of hydrogen-bond acceptors (Lipinski definition) is 3. The Balaban J connectivity index is 2.08. The van der Waals surface area contributed by atoms with Crippen LogP contribution < -0.4 is 0 Å². The van der Waals surface area contributed by atoms with Crippen LogP contribution in [0.25, 0.3) is 21.8 Å². The van der Waals surface area contributed by atoms with E-state index >= 15 is 0 Å². The molecule has 3 rings (SSSR count). The van der Waals surface area contributed by atoms with Crippen LogP contribution in [0.5, 0.6) is 0 Å². The SMILES string of the molecule is O=C(O)c1ccccc1-c1csc(-c2ccccc2F)n1. The van der Waals surface area contributed by atoms with Crippen molar-refractivity contribution in [3.63, 3.8) is 0 Å². The van der Waals surface area contributed by atoms with Gasteiger partial charge in [0.15, 0.2) is 0 Å². The molecular weight excluding hydrogens is 289 g/mol. The van der Waals surface area contributed by atoms with Gasteiger partial charge in [0.2, 0.25) is 0 Å². The van der Waals surface area contributed by atoms with Crippen molar-refractivity contribution in [1.82, 2.24) is 4.98 Å². The van der Waals surface area contributed by atoms with Crippen LogP contribution in [0.1, 0.15) is 10.4 Å². The van der Waals surface area contributed by atoms with E-state index in [0.717, 1.165) is 0 Å². The van der Waals surface area contributed by atoms with Crippen LogP contribution in [0.15, 0.2) is 53.9 Å². The Morgan fingerprint density at radius 3 is 2.43 bits per heavy atom. The van der Waals surface area contributed by atoms with Crippen molar-refractivity contribution in [1.29, 1.82) is 0 Å². The molecule has 0 saturated carbocycles. The van der Waals surface area contributed by atoms with Gasteiger partial charge >= 0.3 is 5.97 Å². The number of carbonyl (C=O) groups is 1. The van der Waals surface area contributed by atoms with Crippen LogP contribution in [0.2, 0.25) is 0 Å². The second-order valence-electron chi connectivity index (χ2n) is 4.37. The summed E-state index contributed by atoms with van der Waals surface area (Å²) >= 11 is 1.29. The van der Waals surface area contributed by atoms with Crippen molar-refractivity contribution in [2.45, 2.75) is 0 Å². The largest absolute Gasteiger partial charge is 0.478 e. The molecule has 1 N–H and O–H groups in total. The highest BCUT2D eigenvalue weighted by Gasteiger charge is 2.15. The average molecular weight is 299 g/mol. The van der Waals surface area contributed by atoms with Gasteiger partial charge in [-0.25, -0.2) is 14.2 Å². The molecule has 104 valence electrons. The van der Waals surface area contributed by atoms with Gasteiger partial charge in [-0.05, 0) is 18.2 Å². The van der Waals surface area contributed by atoms with Crippen LogP contribution in [0.4, 0.5) is 4.39 Å². The van der Waals surface area contributed by atoms with Gasteiger partial charge < -0.3 is 5.11 Å². The van der Waals surface area contributed by atoms with Gasteiger partial charge in [0, 0.05) is 16.5 Å². The minimum atomic E-state index is -1.01. The first kappa shape index (κ1) is 13.5. The lowest BCUT2D eigenvalue weighted by atomic mass is 10.1. The van der Waals surface area contributed by atoms with Gasteiger partial charge in [-0.15, -0.1) is 11.3 Å². The van der Waals surface area contributed by atoms with E-state index in [1.165, 1.54) is 23.5 Å². The highest BCUT2D eigenvalue weighted by molar-refractivity contribution is 7.13. The van der Waals surface area contributed by atoms with Gasteiger partial charge in [0.25, 0.3) is 0 Å². The fourth-order valence-corrected chi connectivity index (χ4v) is 2.90. The number of carboxylic acid groups (broad SMARTS) is 1. The molecule has 0 saturated heterocycles. The zero-order valence-electron chi connectivity index (χ0n) is 10.8. The Labute approximate surface area is 124 Å². The summed E-state index contributed by atoms with van der Waals surface area (Å²) in [6.07, 6.45) is 0. The molecule has 0 amide bonds. The molecule has 0 radical (unpaired) electrons. The fourth-order valence-electron chi connectivity index (χ4n) is 2.05. The molecule has 0 atom stereocenters. The first-order valence-corrected chi connectivity index (χ1v) is 7.08. The van der Waals surface area contributed by atoms with E-state index in [0.29, 0.717) is 21.8 Å². The number of thiazole rings is 1. The van der Waals surface area contributed by atoms with Crippen LogP contribution >= 0.6 is 11.3 Å². The molecule has 21 heavy (non-hydrogen) atoms. The molecule has 5 heteroatoms. The summed E-state index contributed by atoms with van der Waals surface area (Å²) in [7, 11) is 0. The molecule has 1 heterocycles. The predicted octanol–water partition coefficient (Wildman–Crippen LogP) is 4.31. The quantitative estimate of drug-likeness (QED) is 0.783. The summed E-state index contributed by atoms with van der Waals surface area (Å²) in [6, 6.07) is 13.0. The summed E-state index contributed by atoms with van der Waals surface area (Å²) in [4.78, 5) is 15.6. The molecule has 0 spiro atoms. The second kappa shape index (κ2) is 5.46. The van der Waals surface area contributed by atoms with Crippen molar-refractivity contribution in [3.8, 4) is 21.8 Å². The molecular formula is C16H10FNO2S. The maximum Gasteiger partial charge on any atom is 0.336 e. The number of nitrogens with zero attached hydrogens (tertiary/aromatic N) is 1. The molecule has 0 unspecified atom stereocenters. The van der Waals surface area contributed by atoms with Gasteiger partial charge in [-0.2, -0.15) is 0 Å². The lowest BCUT2D eigenvalue weighted by Crippen LogP contribution is -1.99. The van der Waals surface area contributed by atoms with Crippen molar-refractivity contribution in [3.05, 3.63) is 65.3 Å². The number of hydrogen-bond donors (Lipinski definition) is 1. The standard InChI is InChI=1S/C16H10FNO2S/c17-13-8-4-3-7-12(13)15-18-14(9-21-15)10-5-1-2-6-11(10)16(19)20/h1-9H,(H,19,20). The van der Waals surface area contributed by atoms with E-state index in [9.17, 15) is 14.3 Å². The topological polar surface area (TPSA) is 50.2 Å². The highest BCUT2D eigenvalue weighted by Crippen LogP contribution is 2.31.